The number of carbonyl (C=O) groups is 3. The molecule has 0 spiro atoms. The molecular weight excluding hydrogens is 412 g/mol. The fraction of sp³-hybridized carbons (Fsp3) is 0.393. The number of rotatable bonds is 5. The molecule has 3 amide bonds. The zero-order chi connectivity index (χ0) is 22.9. The SMILES string of the molecule is Cc1cc(C)cc(NC(=O)[C@H](Cc2ccccc2)N2C(=O)[C@@H]3[C@H]4C=C[C@@H]([C@@H]5C[C@@H]45)[C@@H]3C2=O)c1. The molecule has 0 radical (unpaired) electrons. The van der Waals surface area contributed by atoms with Crippen molar-refractivity contribution in [2.75, 3.05) is 5.32 Å². The summed E-state index contributed by atoms with van der Waals surface area (Å²) < 4.78 is 0. The van der Waals surface area contributed by atoms with Gasteiger partial charge in [0.2, 0.25) is 17.7 Å². The molecule has 2 aromatic carbocycles. The minimum atomic E-state index is -0.866. The standard InChI is InChI=1S/C28H28N2O3/c1-15-10-16(2)12-18(11-15)29-26(31)23(13-17-6-4-3-5-7-17)30-27(32)24-19-8-9-20(22-14-21(19)22)25(24)28(30)33/h3-12,19-25H,13-14H2,1-2H3,(H,29,31)/t19-,20-,21-,22-,23-,24-,25+/m0/s1. The van der Waals surface area contributed by atoms with Crippen molar-refractivity contribution in [1.29, 1.82) is 0 Å². The third-order valence-electron chi connectivity index (χ3n) is 8.07. The van der Waals surface area contributed by atoms with Crippen molar-refractivity contribution in [3.05, 3.63) is 77.4 Å². The van der Waals surface area contributed by atoms with Gasteiger partial charge in [-0.3, -0.25) is 19.3 Å². The molecule has 1 N–H and O–H groups in total. The number of aryl methyl sites for hydroxylation is 2. The number of allylic oxidation sites excluding steroid dienone is 2. The molecule has 5 nitrogen and oxygen atoms in total. The minimum Gasteiger partial charge on any atom is -0.324 e. The Morgan fingerprint density at radius 1 is 0.939 bits per heavy atom. The summed E-state index contributed by atoms with van der Waals surface area (Å²) >= 11 is 0. The summed E-state index contributed by atoms with van der Waals surface area (Å²) in [5.74, 6) is 0.126. The highest BCUT2D eigenvalue weighted by Crippen LogP contribution is 2.65. The van der Waals surface area contributed by atoms with E-state index in [1.54, 1.807) is 0 Å². The topological polar surface area (TPSA) is 66.5 Å². The molecule has 2 aromatic rings. The number of hydrogen-bond acceptors (Lipinski definition) is 3. The lowest BCUT2D eigenvalue weighted by molar-refractivity contribution is -0.146. The molecule has 7 rings (SSSR count). The summed E-state index contributed by atoms with van der Waals surface area (Å²) in [7, 11) is 0. The highest BCUT2D eigenvalue weighted by molar-refractivity contribution is 6.10. The zero-order valence-corrected chi connectivity index (χ0v) is 18.9. The zero-order valence-electron chi connectivity index (χ0n) is 18.9. The molecular formula is C28H28N2O3. The van der Waals surface area contributed by atoms with Gasteiger partial charge in [-0.25, -0.2) is 0 Å². The van der Waals surface area contributed by atoms with Gasteiger partial charge in [0.25, 0.3) is 0 Å². The van der Waals surface area contributed by atoms with Crippen LogP contribution in [0.15, 0.2) is 60.7 Å². The summed E-state index contributed by atoms with van der Waals surface area (Å²) in [5.41, 5.74) is 3.71. The van der Waals surface area contributed by atoms with Crippen molar-refractivity contribution in [2.45, 2.75) is 32.7 Å². The number of hydrogen-bond donors (Lipinski definition) is 1. The molecule has 33 heavy (non-hydrogen) atoms. The van der Waals surface area contributed by atoms with Gasteiger partial charge in [-0.1, -0.05) is 48.6 Å². The molecule has 1 saturated heterocycles. The van der Waals surface area contributed by atoms with Crippen molar-refractivity contribution >= 4 is 23.4 Å². The van der Waals surface area contributed by atoms with E-state index in [1.807, 2.05) is 62.4 Å². The Morgan fingerprint density at radius 3 is 2.09 bits per heavy atom. The first kappa shape index (κ1) is 20.4. The van der Waals surface area contributed by atoms with Crippen LogP contribution in [0.25, 0.3) is 0 Å². The molecule has 3 fully saturated rings. The van der Waals surface area contributed by atoms with Gasteiger partial charge >= 0.3 is 0 Å². The Hall–Kier alpha value is -3.21. The van der Waals surface area contributed by atoms with Crippen LogP contribution in [0.3, 0.4) is 0 Å². The largest absolute Gasteiger partial charge is 0.324 e. The molecule has 5 heteroatoms. The van der Waals surface area contributed by atoms with Gasteiger partial charge < -0.3 is 5.32 Å². The molecule has 0 aromatic heterocycles. The number of likely N-dealkylation sites (tertiary alicyclic amines) is 1. The maximum Gasteiger partial charge on any atom is 0.248 e. The monoisotopic (exact) mass is 440 g/mol. The van der Waals surface area contributed by atoms with Gasteiger partial charge in [0.05, 0.1) is 11.8 Å². The van der Waals surface area contributed by atoms with E-state index in [0.717, 1.165) is 23.1 Å². The first-order valence-corrected chi connectivity index (χ1v) is 11.9. The van der Waals surface area contributed by atoms with Crippen LogP contribution in [0.5, 0.6) is 0 Å². The van der Waals surface area contributed by atoms with Crippen molar-refractivity contribution < 1.29 is 14.4 Å². The summed E-state index contributed by atoms with van der Waals surface area (Å²) in [6, 6.07) is 14.6. The van der Waals surface area contributed by atoms with Crippen molar-refractivity contribution in [2.24, 2.45) is 35.5 Å². The van der Waals surface area contributed by atoms with E-state index in [-0.39, 0.29) is 41.4 Å². The molecule has 1 heterocycles. The second-order valence-corrected chi connectivity index (χ2v) is 10.3. The number of nitrogens with one attached hydrogen (secondary N) is 1. The van der Waals surface area contributed by atoms with Crippen LogP contribution >= 0.6 is 0 Å². The summed E-state index contributed by atoms with van der Waals surface area (Å²) in [6.45, 7) is 3.97. The van der Waals surface area contributed by atoms with Crippen LogP contribution in [0.4, 0.5) is 5.69 Å². The second kappa shape index (κ2) is 7.41. The Morgan fingerprint density at radius 2 is 1.52 bits per heavy atom. The number of benzene rings is 2. The first-order valence-electron chi connectivity index (χ1n) is 11.9. The molecule has 4 aliphatic carbocycles. The van der Waals surface area contributed by atoms with Crippen LogP contribution in [0, 0.1) is 49.4 Å². The quantitative estimate of drug-likeness (QED) is 0.566. The van der Waals surface area contributed by atoms with Gasteiger partial charge in [0.15, 0.2) is 0 Å². The van der Waals surface area contributed by atoms with Crippen LogP contribution < -0.4 is 5.32 Å². The van der Waals surface area contributed by atoms with Crippen LogP contribution in [0.2, 0.25) is 0 Å². The van der Waals surface area contributed by atoms with Gasteiger partial charge in [0.1, 0.15) is 6.04 Å². The smallest absolute Gasteiger partial charge is 0.248 e. The van der Waals surface area contributed by atoms with E-state index in [0.29, 0.717) is 23.9 Å². The molecule has 1 aliphatic heterocycles. The molecule has 0 unspecified atom stereocenters. The molecule has 2 bridgehead atoms. The Bertz CT molecular complexity index is 1130. The fourth-order valence-corrected chi connectivity index (χ4v) is 6.70. The number of imide groups is 1. The van der Waals surface area contributed by atoms with Crippen molar-refractivity contribution in [3.63, 3.8) is 0 Å². The van der Waals surface area contributed by atoms with E-state index in [9.17, 15) is 14.4 Å². The molecule has 7 atom stereocenters. The number of nitrogens with zero attached hydrogens (tertiary/aromatic N) is 1. The number of carbonyl (C=O) groups excluding carboxylic acids is 3. The van der Waals surface area contributed by atoms with Crippen LogP contribution in [-0.2, 0) is 20.8 Å². The lowest BCUT2D eigenvalue weighted by Crippen LogP contribution is -2.49. The van der Waals surface area contributed by atoms with E-state index < -0.39 is 6.04 Å². The normalized spacial score (nSPS) is 31.9. The van der Waals surface area contributed by atoms with Crippen molar-refractivity contribution in [3.8, 4) is 0 Å². The third-order valence-corrected chi connectivity index (χ3v) is 8.07. The van der Waals surface area contributed by atoms with E-state index in [2.05, 4.69) is 17.5 Å². The maximum absolute atomic E-state index is 13.7. The van der Waals surface area contributed by atoms with Crippen molar-refractivity contribution in [1.82, 2.24) is 4.90 Å². The Kier molecular flexibility index (Phi) is 4.58. The highest BCUT2D eigenvalue weighted by atomic mass is 16.2. The van der Waals surface area contributed by atoms with Crippen LogP contribution in [-0.4, -0.2) is 28.7 Å². The van der Waals surface area contributed by atoms with Gasteiger partial charge in [-0.15, -0.1) is 0 Å². The molecule has 5 aliphatic rings. The summed E-state index contributed by atoms with van der Waals surface area (Å²) in [4.78, 5) is 42.3. The number of anilines is 1. The van der Waals surface area contributed by atoms with Gasteiger partial charge in [0, 0.05) is 12.1 Å². The highest BCUT2D eigenvalue weighted by Gasteiger charge is 2.67. The lowest BCUT2D eigenvalue weighted by atomic mass is 9.63. The van der Waals surface area contributed by atoms with Gasteiger partial charge in [-0.2, -0.15) is 0 Å². The molecule has 168 valence electrons. The van der Waals surface area contributed by atoms with E-state index in [4.69, 9.17) is 0 Å². The minimum absolute atomic E-state index is 0.145. The second-order valence-electron chi connectivity index (χ2n) is 10.3. The predicted octanol–water partition coefficient (Wildman–Crippen LogP) is 3.91. The first-order chi connectivity index (χ1) is 15.9. The number of amides is 3. The van der Waals surface area contributed by atoms with E-state index >= 15 is 0 Å². The van der Waals surface area contributed by atoms with Gasteiger partial charge in [-0.05, 0) is 72.8 Å². The molecule has 2 saturated carbocycles. The average Bonchev–Trinajstić information content (AvgIpc) is 3.56. The Labute approximate surface area is 193 Å². The summed E-state index contributed by atoms with van der Waals surface area (Å²) in [6.07, 6.45) is 5.76. The lowest BCUT2D eigenvalue weighted by Gasteiger charge is -2.37. The van der Waals surface area contributed by atoms with Crippen LogP contribution in [0.1, 0.15) is 23.1 Å². The fourth-order valence-electron chi connectivity index (χ4n) is 6.70. The Balaban J connectivity index is 1.34. The predicted molar refractivity (Wildman–Crippen MR) is 125 cm³/mol. The average molecular weight is 441 g/mol. The summed E-state index contributed by atoms with van der Waals surface area (Å²) in [5, 5.41) is 3.00. The maximum atomic E-state index is 13.7. The van der Waals surface area contributed by atoms with E-state index in [1.165, 1.54) is 4.90 Å². The third kappa shape index (κ3) is 3.25.